The zero-order valence-electron chi connectivity index (χ0n) is 15.5. The minimum absolute atomic E-state index is 0.0326. The van der Waals surface area contributed by atoms with Crippen LogP contribution in [-0.2, 0) is 20.7 Å². The Kier molecular flexibility index (Phi) is 5.09. The van der Waals surface area contributed by atoms with Crippen LogP contribution in [0.4, 0.5) is 10.1 Å². The summed E-state index contributed by atoms with van der Waals surface area (Å²) >= 11 is 0. The fourth-order valence-electron chi connectivity index (χ4n) is 3.83. The molecule has 28 heavy (non-hydrogen) atoms. The van der Waals surface area contributed by atoms with E-state index in [0.717, 1.165) is 5.56 Å². The van der Waals surface area contributed by atoms with Crippen molar-refractivity contribution in [3.8, 4) is 0 Å². The van der Waals surface area contributed by atoms with E-state index >= 15 is 0 Å². The van der Waals surface area contributed by atoms with Gasteiger partial charge < -0.3 is 14.5 Å². The fraction of sp³-hybridized carbons (Fsp3) is 0.381. The van der Waals surface area contributed by atoms with Crippen molar-refractivity contribution in [3.63, 3.8) is 0 Å². The van der Waals surface area contributed by atoms with Gasteiger partial charge in [-0.15, -0.1) is 0 Å². The molecule has 0 radical (unpaired) electrons. The molecule has 0 bridgehead atoms. The van der Waals surface area contributed by atoms with E-state index in [2.05, 4.69) is 4.98 Å². The minimum Gasteiger partial charge on any atom is -0.361 e. The molecule has 4 rings (SSSR count). The molecule has 6 nitrogen and oxygen atoms in total. The summed E-state index contributed by atoms with van der Waals surface area (Å²) in [5.41, 5.74) is 1.12. The zero-order valence-corrected chi connectivity index (χ0v) is 15.5. The minimum atomic E-state index is -0.563. The maximum atomic E-state index is 13.2. The second-order valence-electron chi connectivity index (χ2n) is 7.35. The summed E-state index contributed by atoms with van der Waals surface area (Å²) in [6, 6.07) is 9.70. The number of halogens is 1. The van der Waals surface area contributed by atoms with Crippen LogP contribution in [-0.4, -0.2) is 53.5 Å². The molecule has 2 aliphatic rings. The second kappa shape index (κ2) is 7.67. The van der Waals surface area contributed by atoms with E-state index in [1.54, 1.807) is 29.4 Å². The van der Waals surface area contributed by atoms with Crippen LogP contribution in [0, 0.1) is 5.82 Å². The molecule has 1 aromatic heterocycles. The molecule has 1 aromatic carbocycles. The summed E-state index contributed by atoms with van der Waals surface area (Å²) in [5, 5.41) is 0. The number of anilines is 1. The first kappa shape index (κ1) is 18.6. The third-order valence-electron chi connectivity index (χ3n) is 5.41. The molecule has 2 amide bonds. The average Bonchev–Trinajstić information content (AvgIpc) is 3.13. The van der Waals surface area contributed by atoms with Gasteiger partial charge in [0.15, 0.2) is 0 Å². The Morgan fingerprint density at radius 3 is 2.79 bits per heavy atom. The standard InChI is InChI=1S/C21H22FN3O3/c22-17-4-6-18(7-5-17)25-15-21(28-13-20(25)27)9-11-24(14-21)19(26)8-3-16-2-1-10-23-12-16/h1-2,4-7,10,12H,3,8-9,11,13-15H2. The van der Waals surface area contributed by atoms with E-state index in [-0.39, 0.29) is 24.2 Å². The second-order valence-corrected chi connectivity index (χ2v) is 7.35. The molecule has 1 atom stereocenters. The SMILES string of the molecule is O=C(CCc1cccnc1)N1CCC2(C1)CN(c1ccc(F)cc1)C(=O)CO2. The highest BCUT2D eigenvalue weighted by Gasteiger charge is 2.46. The summed E-state index contributed by atoms with van der Waals surface area (Å²) in [5.74, 6) is -0.418. The molecular formula is C21H22FN3O3. The highest BCUT2D eigenvalue weighted by Crippen LogP contribution is 2.32. The van der Waals surface area contributed by atoms with Gasteiger partial charge in [-0.2, -0.15) is 0 Å². The zero-order chi connectivity index (χ0) is 19.6. The molecule has 3 heterocycles. The summed E-state index contributed by atoms with van der Waals surface area (Å²) in [6.45, 7) is 1.40. The van der Waals surface area contributed by atoms with Crippen molar-refractivity contribution in [2.24, 2.45) is 0 Å². The van der Waals surface area contributed by atoms with E-state index in [4.69, 9.17) is 4.74 Å². The van der Waals surface area contributed by atoms with Gasteiger partial charge in [-0.25, -0.2) is 4.39 Å². The molecule has 2 aromatic rings. The summed E-state index contributed by atoms with van der Waals surface area (Å²) in [7, 11) is 0. The molecule has 1 unspecified atom stereocenters. The first-order valence-corrected chi connectivity index (χ1v) is 9.41. The Hall–Kier alpha value is -2.80. The van der Waals surface area contributed by atoms with Gasteiger partial charge in [0.05, 0.1) is 13.1 Å². The Balaban J connectivity index is 1.39. The lowest BCUT2D eigenvalue weighted by Gasteiger charge is -2.40. The smallest absolute Gasteiger partial charge is 0.253 e. The lowest BCUT2D eigenvalue weighted by atomic mass is 10.00. The van der Waals surface area contributed by atoms with Crippen LogP contribution in [0.15, 0.2) is 48.8 Å². The van der Waals surface area contributed by atoms with Crippen molar-refractivity contribution < 1.29 is 18.7 Å². The van der Waals surface area contributed by atoms with E-state index in [9.17, 15) is 14.0 Å². The summed E-state index contributed by atoms with van der Waals surface area (Å²) in [6.07, 6.45) is 5.23. The number of likely N-dealkylation sites (tertiary alicyclic amines) is 1. The lowest BCUT2D eigenvalue weighted by Crippen LogP contribution is -2.56. The third kappa shape index (κ3) is 3.89. The molecule has 2 fully saturated rings. The number of ether oxygens (including phenoxy) is 1. The van der Waals surface area contributed by atoms with Crippen LogP contribution in [0.25, 0.3) is 0 Å². The van der Waals surface area contributed by atoms with Gasteiger partial charge in [-0.05, 0) is 48.7 Å². The average molecular weight is 383 g/mol. The van der Waals surface area contributed by atoms with Crippen molar-refractivity contribution in [1.29, 1.82) is 0 Å². The molecule has 0 N–H and O–H groups in total. The first-order valence-electron chi connectivity index (χ1n) is 9.41. The normalized spacial score (nSPS) is 22.1. The summed E-state index contributed by atoms with van der Waals surface area (Å²) in [4.78, 5) is 32.5. The van der Waals surface area contributed by atoms with Crippen LogP contribution in [0.5, 0.6) is 0 Å². The maximum Gasteiger partial charge on any atom is 0.253 e. The van der Waals surface area contributed by atoms with Crippen LogP contribution in [0.2, 0.25) is 0 Å². The summed E-state index contributed by atoms with van der Waals surface area (Å²) < 4.78 is 19.1. The fourth-order valence-corrected chi connectivity index (χ4v) is 3.83. The largest absolute Gasteiger partial charge is 0.361 e. The van der Waals surface area contributed by atoms with Crippen molar-refractivity contribution >= 4 is 17.5 Å². The molecule has 2 aliphatic heterocycles. The highest BCUT2D eigenvalue weighted by atomic mass is 19.1. The van der Waals surface area contributed by atoms with Gasteiger partial charge in [-0.1, -0.05) is 6.07 Å². The Morgan fingerprint density at radius 2 is 2.04 bits per heavy atom. The number of aryl methyl sites for hydroxylation is 1. The van der Waals surface area contributed by atoms with Crippen LogP contribution in [0.3, 0.4) is 0 Å². The number of rotatable bonds is 4. The Morgan fingerprint density at radius 1 is 1.21 bits per heavy atom. The van der Waals surface area contributed by atoms with Crippen molar-refractivity contribution in [1.82, 2.24) is 9.88 Å². The Bertz CT molecular complexity index is 859. The monoisotopic (exact) mass is 383 g/mol. The third-order valence-corrected chi connectivity index (χ3v) is 5.41. The van der Waals surface area contributed by atoms with Gasteiger partial charge >= 0.3 is 0 Å². The van der Waals surface area contributed by atoms with Gasteiger partial charge in [0.2, 0.25) is 5.91 Å². The molecule has 0 saturated carbocycles. The first-order chi connectivity index (χ1) is 13.5. The number of aromatic nitrogens is 1. The van der Waals surface area contributed by atoms with E-state index < -0.39 is 5.60 Å². The molecular weight excluding hydrogens is 361 g/mol. The molecule has 7 heteroatoms. The quantitative estimate of drug-likeness (QED) is 0.812. The highest BCUT2D eigenvalue weighted by molar-refractivity contribution is 5.95. The van der Waals surface area contributed by atoms with Gasteiger partial charge in [-0.3, -0.25) is 14.6 Å². The van der Waals surface area contributed by atoms with Crippen molar-refractivity contribution in [2.45, 2.75) is 24.9 Å². The number of carbonyl (C=O) groups is 2. The van der Waals surface area contributed by atoms with Crippen LogP contribution < -0.4 is 4.90 Å². The van der Waals surface area contributed by atoms with Crippen LogP contribution >= 0.6 is 0 Å². The Labute approximate surface area is 162 Å². The number of benzene rings is 1. The predicted molar refractivity (Wildman–Crippen MR) is 101 cm³/mol. The topological polar surface area (TPSA) is 62.7 Å². The number of pyridine rings is 1. The number of nitrogens with zero attached hydrogens (tertiary/aromatic N) is 3. The molecule has 0 aliphatic carbocycles. The van der Waals surface area contributed by atoms with E-state index in [1.165, 1.54) is 12.1 Å². The van der Waals surface area contributed by atoms with E-state index in [1.807, 2.05) is 17.0 Å². The van der Waals surface area contributed by atoms with Gasteiger partial charge in [0.1, 0.15) is 18.0 Å². The number of amides is 2. The molecule has 146 valence electrons. The number of hydrogen-bond acceptors (Lipinski definition) is 4. The number of morpholine rings is 1. The van der Waals surface area contributed by atoms with Gasteiger partial charge in [0, 0.05) is 31.0 Å². The molecule has 2 saturated heterocycles. The predicted octanol–water partition coefficient (Wildman–Crippen LogP) is 2.19. The number of hydrogen-bond donors (Lipinski definition) is 0. The maximum absolute atomic E-state index is 13.2. The van der Waals surface area contributed by atoms with Crippen molar-refractivity contribution in [2.75, 3.05) is 31.1 Å². The van der Waals surface area contributed by atoms with E-state index in [0.29, 0.717) is 44.6 Å². The molecule has 1 spiro atoms. The van der Waals surface area contributed by atoms with Crippen LogP contribution in [0.1, 0.15) is 18.4 Å². The van der Waals surface area contributed by atoms with Crippen molar-refractivity contribution in [3.05, 3.63) is 60.2 Å². The number of carbonyl (C=O) groups excluding carboxylic acids is 2. The lowest BCUT2D eigenvalue weighted by molar-refractivity contribution is -0.139. The van der Waals surface area contributed by atoms with Gasteiger partial charge in [0.25, 0.3) is 5.91 Å².